The van der Waals surface area contributed by atoms with Crippen molar-refractivity contribution in [1.82, 2.24) is 0 Å². The molecule has 54 valence electrons. The molecule has 0 aromatic carbocycles. The zero-order valence-corrected chi connectivity index (χ0v) is 11.8. The first-order valence-corrected chi connectivity index (χ1v) is 0. The number of hydrogen-bond acceptors (Lipinski definition) is 0. The first kappa shape index (κ1) is 186. The van der Waals surface area contributed by atoms with Gasteiger partial charge in [0.2, 0.25) is 0 Å². The Bertz CT molecular complexity index is 12.0. The van der Waals surface area contributed by atoms with Crippen LogP contribution in [-0.2, 0) is 65.4 Å². The Labute approximate surface area is 105 Å². The van der Waals surface area contributed by atoms with Gasteiger partial charge in [-0.15, -0.1) is 0 Å². The summed E-state index contributed by atoms with van der Waals surface area (Å²) in [6.07, 6.45) is 0. The third-order valence-corrected chi connectivity index (χ3v) is 0. The fourth-order valence-electron chi connectivity index (χ4n) is 0. The van der Waals surface area contributed by atoms with E-state index < -0.39 is 0 Å². The topological polar surface area (TPSA) is 63.0 Å². The molecule has 0 unspecified atom stereocenters. The summed E-state index contributed by atoms with van der Waals surface area (Å²) >= 11 is 0. The van der Waals surface area contributed by atoms with E-state index in [1.807, 2.05) is 0 Å². The van der Waals surface area contributed by atoms with Crippen LogP contribution in [0.3, 0.4) is 0 Å². The van der Waals surface area contributed by atoms with Crippen LogP contribution in [0.1, 0.15) is 0 Å². The van der Waals surface area contributed by atoms with E-state index in [2.05, 4.69) is 0 Å². The number of hydrogen-bond donors (Lipinski definition) is 0. The smallest absolute Gasteiger partial charge is 0 e. The van der Waals surface area contributed by atoms with Gasteiger partial charge in [-0.25, -0.2) is 0 Å². The van der Waals surface area contributed by atoms with E-state index in [1.54, 1.807) is 0 Å². The van der Waals surface area contributed by atoms with Crippen LogP contribution in [0.5, 0.6) is 0 Å². The molecule has 0 heterocycles. The molecular formula is C4H16O2Y2-4. The standard InChI is InChI=1S/4CH3.2H2O.2Y/h4*1H3;2*1H2;;/q4*-1;;;;. The molecule has 0 aliphatic heterocycles. The van der Waals surface area contributed by atoms with Crippen LogP contribution in [0.4, 0.5) is 0 Å². The van der Waals surface area contributed by atoms with E-state index in [-0.39, 0.29) is 106 Å². The summed E-state index contributed by atoms with van der Waals surface area (Å²) in [4.78, 5) is 0. The predicted molar refractivity (Wildman–Crippen MR) is 32.9 cm³/mol. The molecule has 0 saturated heterocycles. The van der Waals surface area contributed by atoms with Crippen LogP contribution in [0.15, 0.2) is 0 Å². The summed E-state index contributed by atoms with van der Waals surface area (Å²) in [5, 5.41) is 0. The Morgan fingerprint density at radius 2 is 0.375 bits per heavy atom. The largest absolute Gasteiger partial charge is 0.412 e. The molecule has 4 heteroatoms. The molecule has 8 heavy (non-hydrogen) atoms. The first-order chi connectivity index (χ1) is 0. The van der Waals surface area contributed by atoms with Crippen molar-refractivity contribution >= 4 is 0 Å². The van der Waals surface area contributed by atoms with Crippen molar-refractivity contribution in [1.29, 1.82) is 0 Å². The predicted octanol–water partition coefficient (Wildman–Crippen LogP) is 0.147. The SMILES string of the molecule is O.O.[CH3-].[CH3-].[CH3-].[CH3-].[Y].[Y]. The minimum absolute atomic E-state index is 0. The average Bonchev–Trinajstić information content (AvgIpc) is 0. The van der Waals surface area contributed by atoms with Gasteiger partial charge in [0, 0.05) is 65.4 Å². The molecule has 0 bridgehead atoms. The van der Waals surface area contributed by atoms with E-state index >= 15 is 0 Å². The van der Waals surface area contributed by atoms with Gasteiger partial charge in [0.15, 0.2) is 0 Å². The van der Waals surface area contributed by atoms with Gasteiger partial charge in [0.05, 0.1) is 0 Å². The molecule has 0 aliphatic rings. The van der Waals surface area contributed by atoms with Crippen molar-refractivity contribution in [3.63, 3.8) is 0 Å². The van der Waals surface area contributed by atoms with Gasteiger partial charge in [-0.2, -0.15) is 0 Å². The van der Waals surface area contributed by atoms with Crippen LogP contribution in [0.2, 0.25) is 0 Å². The van der Waals surface area contributed by atoms with Crippen LogP contribution in [0, 0.1) is 29.7 Å². The van der Waals surface area contributed by atoms with Gasteiger partial charge >= 0.3 is 0 Å². The third kappa shape index (κ3) is 91.2. The van der Waals surface area contributed by atoms with Crippen molar-refractivity contribution < 1.29 is 76.4 Å². The Morgan fingerprint density at radius 3 is 0.375 bits per heavy atom. The minimum atomic E-state index is 0. The van der Waals surface area contributed by atoms with E-state index in [9.17, 15) is 0 Å². The van der Waals surface area contributed by atoms with Crippen molar-refractivity contribution in [2.45, 2.75) is 0 Å². The van der Waals surface area contributed by atoms with Crippen LogP contribution >= 0.6 is 0 Å². The Kier molecular flexibility index (Phi) is 3100. The van der Waals surface area contributed by atoms with Crippen LogP contribution in [-0.4, -0.2) is 11.0 Å². The maximum atomic E-state index is 0. The molecule has 2 radical (unpaired) electrons. The molecule has 0 atom stereocenters. The van der Waals surface area contributed by atoms with Gasteiger partial charge < -0.3 is 40.7 Å². The molecule has 2 nitrogen and oxygen atoms in total. The summed E-state index contributed by atoms with van der Waals surface area (Å²) in [6, 6.07) is 0. The van der Waals surface area contributed by atoms with Gasteiger partial charge in [0.1, 0.15) is 0 Å². The molecule has 0 aromatic rings. The van der Waals surface area contributed by atoms with Gasteiger partial charge in [-0.05, 0) is 0 Å². The fourth-order valence-corrected chi connectivity index (χ4v) is 0. The van der Waals surface area contributed by atoms with Crippen molar-refractivity contribution in [2.75, 3.05) is 0 Å². The molecule has 0 rings (SSSR count). The van der Waals surface area contributed by atoms with Gasteiger partial charge in [-0.3, -0.25) is 0 Å². The summed E-state index contributed by atoms with van der Waals surface area (Å²) in [5.74, 6) is 0. The quantitative estimate of drug-likeness (QED) is 0.564. The maximum absolute atomic E-state index is 0. The van der Waals surface area contributed by atoms with Crippen LogP contribution < -0.4 is 0 Å². The number of rotatable bonds is 0. The van der Waals surface area contributed by atoms with Crippen molar-refractivity contribution in [3.05, 3.63) is 29.7 Å². The average molecular weight is 274 g/mol. The molecule has 4 N–H and O–H groups in total. The second-order valence-corrected chi connectivity index (χ2v) is 0. The van der Waals surface area contributed by atoms with E-state index in [1.165, 1.54) is 0 Å². The van der Waals surface area contributed by atoms with Gasteiger partial charge in [-0.1, -0.05) is 0 Å². The normalized spacial score (nSPS) is 0. The molecule has 0 aliphatic carbocycles. The second kappa shape index (κ2) is 133. The van der Waals surface area contributed by atoms with Crippen molar-refractivity contribution in [3.8, 4) is 0 Å². The summed E-state index contributed by atoms with van der Waals surface area (Å²) in [7, 11) is 0. The first-order valence-electron chi connectivity index (χ1n) is 0. The molecular weight excluding hydrogens is 258 g/mol. The summed E-state index contributed by atoms with van der Waals surface area (Å²) in [6.45, 7) is 0. The summed E-state index contributed by atoms with van der Waals surface area (Å²) < 4.78 is 0. The third-order valence-electron chi connectivity index (χ3n) is 0. The Hall–Kier alpha value is 2.13. The van der Waals surface area contributed by atoms with E-state index in [4.69, 9.17) is 0 Å². The zero-order chi connectivity index (χ0) is 0. The Balaban J connectivity index is 0. The molecule has 0 aromatic heterocycles. The van der Waals surface area contributed by atoms with Crippen LogP contribution in [0.25, 0.3) is 0 Å². The zero-order valence-electron chi connectivity index (χ0n) is 6.15. The van der Waals surface area contributed by atoms with E-state index in [0.717, 1.165) is 0 Å². The minimum Gasteiger partial charge on any atom is -0.412 e. The monoisotopic (exact) mass is 274 g/mol. The fraction of sp³-hybridized carbons (Fsp3) is 0. The molecule has 0 spiro atoms. The summed E-state index contributed by atoms with van der Waals surface area (Å²) in [5.41, 5.74) is 0. The van der Waals surface area contributed by atoms with E-state index in [0.29, 0.717) is 0 Å². The molecule has 0 saturated carbocycles. The Morgan fingerprint density at radius 1 is 0.375 bits per heavy atom. The second-order valence-electron chi connectivity index (χ2n) is 0. The molecule has 0 fully saturated rings. The van der Waals surface area contributed by atoms with Gasteiger partial charge in [0.25, 0.3) is 0 Å². The maximum Gasteiger partial charge on any atom is 0 e. The van der Waals surface area contributed by atoms with Crippen molar-refractivity contribution in [2.24, 2.45) is 0 Å². The molecule has 0 amide bonds.